The van der Waals surface area contributed by atoms with Crippen molar-refractivity contribution >= 4 is 11.6 Å². The molecule has 2 aromatic rings. The van der Waals surface area contributed by atoms with E-state index in [1.807, 2.05) is 13.0 Å². The van der Waals surface area contributed by atoms with E-state index in [1.54, 1.807) is 12.1 Å². The molecule has 21 heavy (non-hydrogen) atoms. The Labute approximate surface area is 126 Å². The van der Waals surface area contributed by atoms with E-state index in [1.165, 1.54) is 5.56 Å². The molecule has 0 saturated heterocycles. The Morgan fingerprint density at radius 3 is 2.38 bits per heavy atom. The van der Waals surface area contributed by atoms with Gasteiger partial charge >= 0.3 is 0 Å². The number of nitrogen functional groups attached to an aromatic ring is 1. The molecule has 0 atom stereocenters. The molecule has 0 saturated carbocycles. The highest BCUT2D eigenvalue weighted by Gasteiger charge is 2.08. The molecule has 0 heterocycles. The molecule has 0 aliphatic carbocycles. The minimum Gasteiger partial charge on any atom is -0.399 e. The van der Waals surface area contributed by atoms with Crippen LogP contribution in [-0.4, -0.2) is 5.91 Å². The number of carbonyl (C=O) groups is 1. The lowest BCUT2D eigenvalue weighted by Crippen LogP contribution is -2.23. The van der Waals surface area contributed by atoms with Gasteiger partial charge in [0.25, 0.3) is 5.91 Å². The van der Waals surface area contributed by atoms with Crippen LogP contribution in [0.15, 0.2) is 42.5 Å². The summed E-state index contributed by atoms with van der Waals surface area (Å²) in [6.45, 7) is 6.76. The van der Waals surface area contributed by atoms with E-state index in [2.05, 4.69) is 43.4 Å². The smallest absolute Gasteiger partial charge is 0.251 e. The third kappa shape index (κ3) is 3.85. The van der Waals surface area contributed by atoms with Gasteiger partial charge in [-0.2, -0.15) is 0 Å². The predicted molar refractivity (Wildman–Crippen MR) is 87.3 cm³/mol. The van der Waals surface area contributed by atoms with Crippen LogP contribution in [0.1, 0.15) is 46.8 Å². The first-order valence-corrected chi connectivity index (χ1v) is 7.20. The Morgan fingerprint density at radius 2 is 1.81 bits per heavy atom. The second-order valence-corrected chi connectivity index (χ2v) is 5.65. The fourth-order valence-corrected chi connectivity index (χ4v) is 2.24. The van der Waals surface area contributed by atoms with Crippen LogP contribution in [0.2, 0.25) is 0 Å². The zero-order valence-electron chi connectivity index (χ0n) is 12.8. The molecule has 0 aliphatic rings. The third-order valence-electron chi connectivity index (χ3n) is 3.59. The van der Waals surface area contributed by atoms with Crippen molar-refractivity contribution in [2.75, 3.05) is 5.73 Å². The van der Waals surface area contributed by atoms with E-state index in [0.717, 1.165) is 11.1 Å². The summed E-state index contributed by atoms with van der Waals surface area (Å²) in [5.41, 5.74) is 10.3. The van der Waals surface area contributed by atoms with Crippen molar-refractivity contribution in [2.45, 2.75) is 33.2 Å². The molecule has 0 fully saturated rings. The molecule has 1 amide bonds. The van der Waals surface area contributed by atoms with E-state index in [-0.39, 0.29) is 5.91 Å². The first-order chi connectivity index (χ1) is 9.97. The van der Waals surface area contributed by atoms with Crippen molar-refractivity contribution in [3.63, 3.8) is 0 Å². The van der Waals surface area contributed by atoms with Gasteiger partial charge in [-0.3, -0.25) is 4.79 Å². The number of rotatable bonds is 4. The highest BCUT2D eigenvalue weighted by Crippen LogP contribution is 2.15. The van der Waals surface area contributed by atoms with Crippen molar-refractivity contribution in [1.82, 2.24) is 5.32 Å². The topological polar surface area (TPSA) is 55.1 Å². The van der Waals surface area contributed by atoms with Crippen LogP contribution in [0.4, 0.5) is 5.69 Å². The summed E-state index contributed by atoms with van der Waals surface area (Å²) in [6, 6.07) is 13.7. The molecule has 3 heteroatoms. The van der Waals surface area contributed by atoms with Crippen molar-refractivity contribution in [3.05, 3.63) is 64.7 Å². The SMILES string of the molecule is Cc1cc(N)ccc1C(=O)NCc1ccc(C(C)C)cc1. The van der Waals surface area contributed by atoms with Crippen LogP contribution in [0.3, 0.4) is 0 Å². The predicted octanol–water partition coefficient (Wildman–Crippen LogP) is 3.63. The Kier molecular flexibility index (Phi) is 4.63. The van der Waals surface area contributed by atoms with Gasteiger partial charge in [0.15, 0.2) is 0 Å². The zero-order chi connectivity index (χ0) is 15.4. The number of anilines is 1. The molecule has 110 valence electrons. The minimum absolute atomic E-state index is 0.0690. The van der Waals surface area contributed by atoms with Gasteiger partial charge in [0, 0.05) is 17.8 Å². The van der Waals surface area contributed by atoms with E-state index in [4.69, 9.17) is 5.73 Å². The van der Waals surface area contributed by atoms with Crippen LogP contribution >= 0.6 is 0 Å². The van der Waals surface area contributed by atoms with Gasteiger partial charge in [0.1, 0.15) is 0 Å². The maximum atomic E-state index is 12.2. The molecule has 0 unspecified atom stereocenters. The lowest BCUT2D eigenvalue weighted by Gasteiger charge is -2.10. The molecule has 0 radical (unpaired) electrons. The summed E-state index contributed by atoms with van der Waals surface area (Å²) in [4.78, 5) is 12.2. The van der Waals surface area contributed by atoms with Gasteiger partial charge in [0.2, 0.25) is 0 Å². The maximum absolute atomic E-state index is 12.2. The maximum Gasteiger partial charge on any atom is 0.251 e. The van der Waals surface area contributed by atoms with E-state index < -0.39 is 0 Å². The number of amides is 1. The largest absolute Gasteiger partial charge is 0.399 e. The van der Waals surface area contributed by atoms with Gasteiger partial charge in [-0.25, -0.2) is 0 Å². The van der Waals surface area contributed by atoms with Gasteiger partial charge in [0.05, 0.1) is 0 Å². The molecule has 0 aromatic heterocycles. The number of nitrogens with one attached hydrogen (secondary N) is 1. The average molecular weight is 282 g/mol. The lowest BCUT2D eigenvalue weighted by atomic mass is 10.0. The molecule has 2 aromatic carbocycles. The minimum atomic E-state index is -0.0690. The highest BCUT2D eigenvalue weighted by molar-refractivity contribution is 5.95. The van der Waals surface area contributed by atoms with Crippen LogP contribution < -0.4 is 11.1 Å². The standard InChI is InChI=1S/C18H22N2O/c1-12(2)15-6-4-14(5-7-15)11-20-18(21)17-9-8-16(19)10-13(17)3/h4-10,12H,11,19H2,1-3H3,(H,20,21). The summed E-state index contributed by atoms with van der Waals surface area (Å²) >= 11 is 0. The number of aryl methyl sites for hydroxylation is 1. The van der Waals surface area contributed by atoms with Crippen LogP contribution in [0, 0.1) is 6.92 Å². The lowest BCUT2D eigenvalue weighted by molar-refractivity contribution is 0.0950. The normalized spacial score (nSPS) is 10.7. The molecule has 2 rings (SSSR count). The summed E-state index contributed by atoms with van der Waals surface area (Å²) in [5, 5.41) is 2.94. The second kappa shape index (κ2) is 6.44. The van der Waals surface area contributed by atoms with Gasteiger partial charge in [-0.15, -0.1) is 0 Å². The van der Waals surface area contributed by atoms with Crippen LogP contribution in [-0.2, 0) is 6.54 Å². The number of hydrogen-bond donors (Lipinski definition) is 2. The Bertz CT molecular complexity index is 630. The molecular weight excluding hydrogens is 260 g/mol. The summed E-state index contributed by atoms with van der Waals surface area (Å²) < 4.78 is 0. The monoisotopic (exact) mass is 282 g/mol. The van der Waals surface area contributed by atoms with Crippen molar-refractivity contribution in [2.24, 2.45) is 0 Å². The summed E-state index contributed by atoms with van der Waals surface area (Å²) in [5.74, 6) is 0.450. The second-order valence-electron chi connectivity index (χ2n) is 5.65. The fourth-order valence-electron chi connectivity index (χ4n) is 2.24. The average Bonchev–Trinajstić information content (AvgIpc) is 2.45. The molecular formula is C18H22N2O. The quantitative estimate of drug-likeness (QED) is 0.841. The molecule has 3 N–H and O–H groups in total. The van der Waals surface area contributed by atoms with Gasteiger partial charge < -0.3 is 11.1 Å². The Morgan fingerprint density at radius 1 is 1.14 bits per heavy atom. The fraction of sp³-hybridized carbons (Fsp3) is 0.278. The first kappa shape index (κ1) is 15.1. The molecule has 3 nitrogen and oxygen atoms in total. The van der Waals surface area contributed by atoms with Crippen LogP contribution in [0.5, 0.6) is 0 Å². The molecule has 0 bridgehead atoms. The Hall–Kier alpha value is -2.29. The number of benzene rings is 2. The van der Waals surface area contributed by atoms with Crippen LogP contribution in [0.25, 0.3) is 0 Å². The zero-order valence-corrected chi connectivity index (χ0v) is 12.8. The number of nitrogens with two attached hydrogens (primary N) is 1. The first-order valence-electron chi connectivity index (χ1n) is 7.20. The highest BCUT2D eigenvalue weighted by atomic mass is 16.1. The van der Waals surface area contributed by atoms with Crippen molar-refractivity contribution in [1.29, 1.82) is 0 Å². The van der Waals surface area contributed by atoms with E-state index in [9.17, 15) is 4.79 Å². The van der Waals surface area contributed by atoms with Gasteiger partial charge in [-0.05, 0) is 47.7 Å². The summed E-state index contributed by atoms with van der Waals surface area (Å²) in [6.07, 6.45) is 0. The van der Waals surface area contributed by atoms with E-state index >= 15 is 0 Å². The van der Waals surface area contributed by atoms with Gasteiger partial charge in [-0.1, -0.05) is 38.1 Å². The summed E-state index contributed by atoms with van der Waals surface area (Å²) in [7, 11) is 0. The molecule has 0 aliphatic heterocycles. The number of carbonyl (C=O) groups excluding carboxylic acids is 1. The van der Waals surface area contributed by atoms with Crippen molar-refractivity contribution < 1.29 is 4.79 Å². The number of hydrogen-bond acceptors (Lipinski definition) is 2. The van der Waals surface area contributed by atoms with Crippen molar-refractivity contribution in [3.8, 4) is 0 Å². The third-order valence-corrected chi connectivity index (χ3v) is 3.59. The molecule has 0 spiro atoms. The van der Waals surface area contributed by atoms with E-state index in [0.29, 0.717) is 23.7 Å². The Balaban J connectivity index is 2.00.